The van der Waals surface area contributed by atoms with E-state index in [-0.39, 0.29) is 26.7 Å². The van der Waals surface area contributed by atoms with E-state index in [2.05, 4.69) is 5.32 Å². The minimum absolute atomic E-state index is 0.0795. The molecule has 28 heavy (non-hydrogen) atoms. The second kappa shape index (κ2) is 9.49. The Bertz CT molecular complexity index is 951. The molecule has 0 heterocycles. The number of sulfonamides is 1. The Labute approximate surface area is 175 Å². The number of hydrogen-bond donors (Lipinski definition) is 1. The molecule has 1 N–H and O–H groups in total. The average Bonchev–Trinajstić information content (AvgIpc) is 2.67. The molecule has 1 amide bonds. The molecule has 0 saturated heterocycles. The molecule has 0 bridgehead atoms. The Kier molecular flexibility index (Phi) is 7.57. The van der Waals surface area contributed by atoms with Crippen molar-refractivity contribution in [1.29, 1.82) is 0 Å². The number of para-hydroxylation sites is 2. The molecule has 6 nitrogen and oxygen atoms in total. The number of anilines is 1. The van der Waals surface area contributed by atoms with Crippen LogP contribution in [0, 0.1) is 0 Å². The summed E-state index contributed by atoms with van der Waals surface area (Å²) >= 11 is 11.9. The normalized spacial score (nSPS) is 12.3. The second-order valence-electron chi connectivity index (χ2n) is 6.14. The Morgan fingerprint density at radius 2 is 1.86 bits per heavy atom. The van der Waals surface area contributed by atoms with Crippen LogP contribution in [0.4, 0.5) is 5.69 Å². The van der Waals surface area contributed by atoms with E-state index >= 15 is 0 Å². The number of halogens is 2. The van der Waals surface area contributed by atoms with Crippen LogP contribution in [0.15, 0.2) is 47.4 Å². The summed E-state index contributed by atoms with van der Waals surface area (Å²) < 4.78 is 33.0. The van der Waals surface area contributed by atoms with Crippen LogP contribution in [-0.4, -0.2) is 34.0 Å². The Morgan fingerprint density at radius 1 is 1.18 bits per heavy atom. The van der Waals surface area contributed by atoms with Gasteiger partial charge in [0.05, 0.1) is 27.7 Å². The zero-order chi connectivity index (χ0) is 20.9. The predicted octanol–water partition coefficient (Wildman–Crippen LogP) is 4.11. The molecular weight excluding hydrogens is 423 g/mol. The molecule has 2 aromatic rings. The molecule has 9 heteroatoms. The highest BCUT2D eigenvalue weighted by atomic mass is 35.5. The lowest BCUT2D eigenvalue weighted by Crippen LogP contribution is -2.43. The van der Waals surface area contributed by atoms with Crippen molar-refractivity contribution in [2.45, 2.75) is 31.2 Å². The first-order chi connectivity index (χ1) is 13.2. The van der Waals surface area contributed by atoms with E-state index in [4.69, 9.17) is 27.9 Å². The summed E-state index contributed by atoms with van der Waals surface area (Å²) in [6.45, 7) is 3.36. The number of carbonyl (C=O) groups is 1. The van der Waals surface area contributed by atoms with E-state index in [0.29, 0.717) is 5.75 Å². The Balaban J connectivity index is 2.53. The highest BCUT2D eigenvalue weighted by Gasteiger charge is 2.30. The zero-order valence-electron chi connectivity index (χ0n) is 15.8. The van der Waals surface area contributed by atoms with Crippen molar-refractivity contribution in [3.8, 4) is 5.75 Å². The fourth-order valence-electron chi connectivity index (χ4n) is 2.45. The predicted molar refractivity (Wildman–Crippen MR) is 112 cm³/mol. The van der Waals surface area contributed by atoms with Gasteiger partial charge in [0.25, 0.3) is 10.0 Å². The summed E-state index contributed by atoms with van der Waals surface area (Å²) in [6.07, 6.45) is 0.722. The Morgan fingerprint density at radius 3 is 2.46 bits per heavy atom. The third-order valence-electron chi connectivity index (χ3n) is 4.14. The van der Waals surface area contributed by atoms with Crippen molar-refractivity contribution in [3.05, 3.63) is 52.5 Å². The van der Waals surface area contributed by atoms with Crippen molar-refractivity contribution >= 4 is 44.8 Å². The molecule has 0 aliphatic rings. The first kappa shape index (κ1) is 22.3. The molecule has 2 rings (SSSR count). The average molecular weight is 445 g/mol. The van der Waals surface area contributed by atoms with Crippen molar-refractivity contribution in [2.24, 2.45) is 0 Å². The minimum Gasteiger partial charge on any atom is -0.495 e. The topological polar surface area (TPSA) is 75.7 Å². The summed E-state index contributed by atoms with van der Waals surface area (Å²) in [5, 5.41) is 3.12. The maximum atomic E-state index is 13.3. The van der Waals surface area contributed by atoms with Gasteiger partial charge in [0.2, 0.25) is 5.91 Å². The van der Waals surface area contributed by atoms with Gasteiger partial charge >= 0.3 is 0 Å². The van der Waals surface area contributed by atoms with Gasteiger partial charge < -0.3 is 10.1 Å². The van der Waals surface area contributed by atoms with Crippen LogP contribution in [0.3, 0.4) is 0 Å². The summed E-state index contributed by atoms with van der Waals surface area (Å²) in [4.78, 5) is 12.4. The van der Waals surface area contributed by atoms with E-state index in [0.717, 1.165) is 10.7 Å². The number of amides is 1. The van der Waals surface area contributed by atoms with Gasteiger partial charge in [-0.1, -0.05) is 42.3 Å². The van der Waals surface area contributed by atoms with E-state index in [1.807, 2.05) is 13.8 Å². The number of benzene rings is 2. The molecule has 152 valence electrons. The van der Waals surface area contributed by atoms with Crippen molar-refractivity contribution in [2.75, 3.05) is 18.0 Å². The molecule has 0 fully saturated rings. The molecule has 0 saturated carbocycles. The molecule has 0 radical (unpaired) electrons. The molecule has 2 aromatic carbocycles. The molecule has 1 atom stereocenters. The maximum Gasteiger partial charge on any atom is 0.264 e. The highest BCUT2D eigenvalue weighted by molar-refractivity contribution is 7.92. The molecule has 0 aliphatic heterocycles. The van der Waals surface area contributed by atoms with Crippen LogP contribution >= 0.6 is 23.2 Å². The largest absolute Gasteiger partial charge is 0.495 e. The van der Waals surface area contributed by atoms with Gasteiger partial charge in [-0.2, -0.15) is 0 Å². The van der Waals surface area contributed by atoms with Gasteiger partial charge in [-0.3, -0.25) is 9.10 Å². The number of methoxy groups -OCH3 is 1. The quantitative estimate of drug-likeness (QED) is 0.664. The van der Waals surface area contributed by atoms with E-state index in [1.54, 1.807) is 24.3 Å². The van der Waals surface area contributed by atoms with Crippen LogP contribution in [0.2, 0.25) is 10.0 Å². The maximum absolute atomic E-state index is 13.3. The first-order valence-electron chi connectivity index (χ1n) is 8.60. The van der Waals surface area contributed by atoms with Gasteiger partial charge in [-0.05, 0) is 43.7 Å². The lowest BCUT2D eigenvalue weighted by atomic mass is 10.2. The zero-order valence-corrected chi connectivity index (χ0v) is 18.1. The smallest absolute Gasteiger partial charge is 0.264 e. The highest BCUT2D eigenvalue weighted by Crippen LogP contribution is 2.33. The summed E-state index contributed by atoms with van der Waals surface area (Å²) in [5.74, 6) is -0.105. The second-order valence-corrected chi connectivity index (χ2v) is 8.81. The third kappa shape index (κ3) is 5.10. The van der Waals surface area contributed by atoms with Crippen LogP contribution in [0.25, 0.3) is 0 Å². The monoisotopic (exact) mass is 444 g/mol. The molecule has 0 aliphatic carbocycles. The SMILES string of the molecule is CC[C@H](C)NC(=O)CN(c1ccccc1OC)S(=O)(=O)c1ccc(Cl)c(Cl)c1. The van der Waals surface area contributed by atoms with Crippen LogP contribution < -0.4 is 14.4 Å². The van der Waals surface area contributed by atoms with Crippen LogP contribution in [0.5, 0.6) is 5.75 Å². The van der Waals surface area contributed by atoms with E-state index in [1.165, 1.54) is 25.3 Å². The number of rotatable bonds is 8. The number of nitrogens with zero attached hydrogens (tertiary/aromatic N) is 1. The number of carbonyl (C=O) groups excluding carboxylic acids is 1. The van der Waals surface area contributed by atoms with Gasteiger partial charge in [0, 0.05) is 6.04 Å². The number of nitrogens with one attached hydrogen (secondary N) is 1. The Hall–Kier alpha value is -1.96. The summed E-state index contributed by atoms with van der Waals surface area (Å²) in [7, 11) is -2.68. The van der Waals surface area contributed by atoms with Crippen LogP contribution in [-0.2, 0) is 14.8 Å². The molecule has 0 aromatic heterocycles. The number of hydrogen-bond acceptors (Lipinski definition) is 4. The lowest BCUT2D eigenvalue weighted by Gasteiger charge is -2.26. The van der Waals surface area contributed by atoms with Crippen molar-refractivity contribution in [1.82, 2.24) is 5.32 Å². The molecular formula is C19H22Cl2N2O4S. The molecule has 0 unspecified atom stereocenters. The summed E-state index contributed by atoms with van der Waals surface area (Å²) in [5.41, 5.74) is 0.246. The summed E-state index contributed by atoms with van der Waals surface area (Å²) in [6, 6.07) is 10.5. The molecule has 0 spiro atoms. The van der Waals surface area contributed by atoms with E-state index < -0.39 is 22.5 Å². The minimum atomic E-state index is -4.11. The fraction of sp³-hybridized carbons (Fsp3) is 0.316. The van der Waals surface area contributed by atoms with Gasteiger partial charge in [0.15, 0.2) is 0 Å². The van der Waals surface area contributed by atoms with Crippen molar-refractivity contribution in [3.63, 3.8) is 0 Å². The van der Waals surface area contributed by atoms with Gasteiger partial charge in [-0.15, -0.1) is 0 Å². The third-order valence-corrected chi connectivity index (χ3v) is 6.63. The standard InChI is InChI=1S/C19H22Cl2N2O4S/c1-4-13(2)22-19(24)12-23(17-7-5-6-8-18(17)27-3)28(25,26)14-9-10-15(20)16(21)11-14/h5-11,13H,4,12H2,1-3H3,(H,22,24)/t13-/m0/s1. The fourth-order valence-corrected chi connectivity index (χ4v) is 4.27. The lowest BCUT2D eigenvalue weighted by molar-refractivity contribution is -0.120. The van der Waals surface area contributed by atoms with Gasteiger partial charge in [-0.25, -0.2) is 8.42 Å². The number of ether oxygens (including phenoxy) is 1. The van der Waals surface area contributed by atoms with E-state index in [9.17, 15) is 13.2 Å². The van der Waals surface area contributed by atoms with Gasteiger partial charge in [0.1, 0.15) is 12.3 Å². The van der Waals surface area contributed by atoms with Crippen LogP contribution in [0.1, 0.15) is 20.3 Å². The van der Waals surface area contributed by atoms with Crippen molar-refractivity contribution < 1.29 is 17.9 Å². The first-order valence-corrected chi connectivity index (χ1v) is 10.8.